The van der Waals surface area contributed by atoms with Gasteiger partial charge in [0, 0.05) is 17.7 Å². The fourth-order valence-electron chi connectivity index (χ4n) is 2.38. The minimum absolute atomic E-state index is 0.0111. The lowest BCUT2D eigenvalue weighted by molar-refractivity contribution is -0.141. The standard InChI is InChI=1S/C14H17ClN6O8S3/c1-29-20-9(7-5-31-14(17-7)18-8(23)4-15)11(24)19-10-12(25)21(32(26,27)28)13(10)30-3-2-16-6-22/h5-6,10,13H,2-4H2,1H3,(H,16,22)(H,19,24)(H,17,18,23)(H,26,27,28). The molecule has 4 N–H and O–H groups in total. The van der Waals surface area contributed by atoms with Gasteiger partial charge in [-0.3, -0.25) is 23.7 Å². The Morgan fingerprint density at radius 3 is 2.81 bits per heavy atom. The third-order valence-electron chi connectivity index (χ3n) is 3.67. The molecule has 2 rings (SSSR count). The average Bonchev–Trinajstić information content (AvgIpc) is 3.18. The molecule has 1 fully saturated rings. The highest BCUT2D eigenvalue weighted by Gasteiger charge is 2.54. The Bertz CT molecular complexity index is 1020. The maximum Gasteiger partial charge on any atom is 0.363 e. The number of thiazole rings is 1. The number of rotatable bonds is 12. The number of halogens is 1. The molecule has 1 aromatic rings. The zero-order chi connectivity index (χ0) is 23.9. The van der Waals surface area contributed by atoms with E-state index < -0.39 is 39.4 Å². The first-order valence-electron chi connectivity index (χ1n) is 8.47. The van der Waals surface area contributed by atoms with Gasteiger partial charge in [0.1, 0.15) is 30.1 Å². The molecule has 1 aromatic heterocycles. The summed E-state index contributed by atoms with van der Waals surface area (Å²) in [4.78, 5) is 55.4. The Morgan fingerprint density at radius 1 is 1.50 bits per heavy atom. The van der Waals surface area contributed by atoms with Gasteiger partial charge >= 0.3 is 10.3 Å². The Labute approximate surface area is 195 Å². The van der Waals surface area contributed by atoms with Crippen LogP contribution in [0.3, 0.4) is 0 Å². The van der Waals surface area contributed by atoms with Gasteiger partial charge in [-0.05, 0) is 0 Å². The smallest absolute Gasteiger partial charge is 0.363 e. The van der Waals surface area contributed by atoms with E-state index in [4.69, 9.17) is 11.6 Å². The summed E-state index contributed by atoms with van der Waals surface area (Å²) in [7, 11) is -3.69. The fourth-order valence-corrected chi connectivity index (χ4v) is 5.48. The van der Waals surface area contributed by atoms with Crippen molar-refractivity contribution in [3.63, 3.8) is 0 Å². The van der Waals surface area contributed by atoms with Crippen LogP contribution in [-0.4, -0.2) is 88.8 Å². The van der Waals surface area contributed by atoms with Gasteiger partial charge < -0.3 is 20.8 Å². The predicted molar refractivity (Wildman–Crippen MR) is 116 cm³/mol. The van der Waals surface area contributed by atoms with Crippen molar-refractivity contribution in [3.8, 4) is 0 Å². The molecule has 0 saturated carbocycles. The number of alkyl halides is 1. The van der Waals surface area contributed by atoms with Crippen LogP contribution in [0.15, 0.2) is 10.5 Å². The highest BCUT2D eigenvalue weighted by molar-refractivity contribution is 8.00. The maximum atomic E-state index is 12.7. The molecule has 14 nitrogen and oxygen atoms in total. The molecule has 2 atom stereocenters. The number of hydrogen-bond donors (Lipinski definition) is 4. The molecular formula is C14H17ClN6O8S3. The quantitative estimate of drug-likeness (QED) is 0.0476. The van der Waals surface area contributed by atoms with Crippen LogP contribution >= 0.6 is 34.7 Å². The summed E-state index contributed by atoms with van der Waals surface area (Å²) < 4.78 is 32.5. The Balaban J connectivity index is 2.17. The monoisotopic (exact) mass is 528 g/mol. The summed E-state index contributed by atoms with van der Waals surface area (Å²) in [5, 5.41) is 11.1. The number of amides is 4. The van der Waals surface area contributed by atoms with Gasteiger partial charge in [0.05, 0.1) is 0 Å². The highest BCUT2D eigenvalue weighted by atomic mass is 35.5. The lowest BCUT2D eigenvalue weighted by Gasteiger charge is -2.43. The third kappa shape index (κ3) is 6.28. The van der Waals surface area contributed by atoms with E-state index in [1.165, 1.54) is 12.5 Å². The lowest BCUT2D eigenvalue weighted by atomic mass is 10.1. The van der Waals surface area contributed by atoms with Crippen molar-refractivity contribution < 1.29 is 37.0 Å². The first-order chi connectivity index (χ1) is 15.1. The van der Waals surface area contributed by atoms with Crippen molar-refractivity contribution >= 4 is 80.0 Å². The SMILES string of the molecule is CON=C(C(=O)NC1C(=O)N(S(=O)(=O)O)C1SCCNC=O)c1csc(NC(=O)CCl)n1. The van der Waals surface area contributed by atoms with Crippen molar-refractivity contribution in [1.29, 1.82) is 0 Å². The van der Waals surface area contributed by atoms with Gasteiger partial charge in [-0.15, -0.1) is 34.7 Å². The first kappa shape index (κ1) is 25.8. The van der Waals surface area contributed by atoms with Crippen LogP contribution in [0.5, 0.6) is 0 Å². The number of carbonyl (C=O) groups excluding carboxylic acids is 4. The maximum absolute atomic E-state index is 12.7. The van der Waals surface area contributed by atoms with Gasteiger partial charge in [0.15, 0.2) is 10.8 Å². The second-order valence-corrected chi connectivity index (χ2v) is 9.38. The van der Waals surface area contributed by atoms with E-state index in [2.05, 4.69) is 30.9 Å². The summed E-state index contributed by atoms with van der Waals surface area (Å²) in [6, 6.07) is -1.32. The summed E-state index contributed by atoms with van der Waals surface area (Å²) >= 11 is 7.30. The topological polar surface area (TPSA) is 196 Å². The summed E-state index contributed by atoms with van der Waals surface area (Å²) in [6.45, 7) is 0.158. The lowest BCUT2D eigenvalue weighted by Crippen LogP contribution is -2.71. The van der Waals surface area contributed by atoms with E-state index in [1.807, 2.05) is 0 Å². The van der Waals surface area contributed by atoms with Crippen LogP contribution < -0.4 is 16.0 Å². The van der Waals surface area contributed by atoms with Crippen LogP contribution in [0.25, 0.3) is 0 Å². The average molecular weight is 529 g/mol. The number of nitrogens with zero attached hydrogens (tertiary/aromatic N) is 3. The van der Waals surface area contributed by atoms with Crippen LogP contribution in [0.1, 0.15) is 5.69 Å². The molecule has 1 saturated heterocycles. The zero-order valence-corrected chi connectivity index (χ0v) is 19.4. The van der Waals surface area contributed by atoms with Gasteiger partial charge in [-0.1, -0.05) is 5.16 Å². The number of thioether (sulfide) groups is 1. The Hall–Kier alpha value is -2.47. The molecule has 0 spiro atoms. The Morgan fingerprint density at radius 2 is 2.22 bits per heavy atom. The normalized spacial score (nSPS) is 18.5. The largest absolute Gasteiger partial charge is 0.398 e. The number of nitrogens with one attached hydrogen (secondary N) is 3. The number of oxime groups is 1. The number of aromatic nitrogens is 1. The molecule has 1 aliphatic rings. The van der Waals surface area contributed by atoms with Crippen LogP contribution in [-0.2, 0) is 34.3 Å². The molecule has 2 heterocycles. The van der Waals surface area contributed by atoms with Crippen LogP contribution in [0.4, 0.5) is 5.13 Å². The van der Waals surface area contributed by atoms with E-state index in [0.717, 1.165) is 23.1 Å². The van der Waals surface area contributed by atoms with Gasteiger partial charge in [0.2, 0.25) is 12.3 Å². The Kier molecular flexibility index (Phi) is 9.20. The van der Waals surface area contributed by atoms with E-state index in [-0.39, 0.29) is 39.0 Å². The van der Waals surface area contributed by atoms with Crippen molar-refractivity contribution in [3.05, 3.63) is 11.1 Å². The molecule has 0 radical (unpaired) electrons. The molecule has 0 aliphatic carbocycles. The van der Waals surface area contributed by atoms with E-state index in [1.54, 1.807) is 0 Å². The molecule has 18 heteroatoms. The molecule has 32 heavy (non-hydrogen) atoms. The first-order valence-corrected chi connectivity index (χ1v) is 12.3. The minimum atomic E-state index is -4.86. The molecule has 2 unspecified atom stereocenters. The van der Waals surface area contributed by atoms with E-state index in [9.17, 15) is 32.1 Å². The van der Waals surface area contributed by atoms with Crippen LogP contribution in [0, 0.1) is 0 Å². The molecule has 176 valence electrons. The molecule has 0 bridgehead atoms. The predicted octanol–water partition coefficient (Wildman–Crippen LogP) is -1.39. The second kappa shape index (κ2) is 11.4. The zero-order valence-electron chi connectivity index (χ0n) is 16.2. The summed E-state index contributed by atoms with van der Waals surface area (Å²) in [5.41, 5.74) is -0.336. The number of anilines is 1. The molecule has 4 amide bonds. The number of β-lactam (4-membered cyclic amide) rings is 1. The second-order valence-electron chi connectivity index (χ2n) is 5.74. The minimum Gasteiger partial charge on any atom is -0.398 e. The number of carbonyl (C=O) groups is 4. The fraction of sp³-hybridized carbons (Fsp3) is 0.429. The van der Waals surface area contributed by atoms with Gasteiger partial charge in [-0.2, -0.15) is 12.7 Å². The van der Waals surface area contributed by atoms with Gasteiger partial charge in [0.25, 0.3) is 11.8 Å². The van der Waals surface area contributed by atoms with Crippen LogP contribution in [0.2, 0.25) is 0 Å². The van der Waals surface area contributed by atoms with Crippen molar-refractivity contribution in [2.45, 2.75) is 11.4 Å². The van der Waals surface area contributed by atoms with Gasteiger partial charge in [-0.25, -0.2) is 4.98 Å². The van der Waals surface area contributed by atoms with E-state index in [0.29, 0.717) is 6.41 Å². The van der Waals surface area contributed by atoms with Crippen molar-refractivity contribution in [1.82, 2.24) is 19.9 Å². The highest BCUT2D eigenvalue weighted by Crippen LogP contribution is 2.32. The van der Waals surface area contributed by atoms with Crippen molar-refractivity contribution in [2.75, 3.05) is 30.6 Å². The van der Waals surface area contributed by atoms with Crippen molar-refractivity contribution in [2.24, 2.45) is 5.16 Å². The summed E-state index contributed by atoms with van der Waals surface area (Å²) in [5.74, 6) is -2.62. The third-order valence-corrected chi connectivity index (χ3v) is 6.97. The molecular weight excluding hydrogens is 512 g/mol. The number of hydrogen-bond acceptors (Lipinski definition) is 11. The molecule has 1 aliphatic heterocycles. The summed E-state index contributed by atoms with van der Waals surface area (Å²) in [6.07, 6.45) is 0.442. The molecule has 0 aromatic carbocycles. The van der Waals surface area contributed by atoms with E-state index >= 15 is 0 Å².